The van der Waals surface area contributed by atoms with E-state index in [1.54, 1.807) is 24.3 Å². The SMILES string of the molecule is CN(CCS(=O)(=O)c1ccc2nc(N(Cl)C(=O)c3ccccc3C(N)=O)sc2c1)CC1CCCO1. The van der Waals surface area contributed by atoms with Crippen LogP contribution in [0.3, 0.4) is 0 Å². The van der Waals surface area contributed by atoms with Gasteiger partial charge >= 0.3 is 0 Å². The van der Waals surface area contributed by atoms with E-state index in [0.717, 1.165) is 35.2 Å². The lowest BCUT2D eigenvalue weighted by molar-refractivity contribution is 0.0829. The molecule has 0 aliphatic carbocycles. The van der Waals surface area contributed by atoms with Gasteiger partial charge in [0.2, 0.25) is 11.0 Å². The van der Waals surface area contributed by atoms with Gasteiger partial charge in [-0.3, -0.25) is 9.59 Å². The monoisotopic (exact) mass is 536 g/mol. The number of carbonyl (C=O) groups is 2. The van der Waals surface area contributed by atoms with Gasteiger partial charge in [-0.2, -0.15) is 4.42 Å². The number of hydrogen-bond acceptors (Lipinski definition) is 8. The first kappa shape index (κ1) is 25.5. The molecule has 2 N–H and O–H groups in total. The number of benzene rings is 2. The zero-order valence-electron chi connectivity index (χ0n) is 19.0. The number of carbonyl (C=O) groups excluding carboxylic acids is 2. The van der Waals surface area contributed by atoms with Crippen LogP contribution in [-0.2, 0) is 14.6 Å². The van der Waals surface area contributed by atoms with Gasteiger partial charge in [-0.1, -0.05) is 23.5 Å². The second kappa shape index (κ2) is 10.6. The quantitative estimate of drug-likeness (QED) is 0.417. The third kappa shape index (κ3) is 5.81. The van der Waals surface area contributed by atoms with Crippen LogP contribution < -0.4 is 10.2 Å². The van der Waals surface area contributed by atoms with Gasteiger partial charge in [0, 0.05) is 31.5 Å². The molecule has 2 heterocycles. The van der Waals surface area contributed by atoms with Gasteiger partial charge in [0.05, 0.1) is 38.1 Å². The second-order valence-electron chi connectivity index (χ2n) is 8.34. The standard InChI is InChI=1S/C23H25ClN4O5S2/c1-27(14-15-5-4-11-33-15)10-12-35(31,32)16-8-9-19-20(13-16)34-23(26-19)28(24)22(30)18-7-3-2-6-17(18)21(25)29/h2-3,6-9,13,15H,4-5,10-12,14H2,1H3,(H2,25,29). The Balaban J connectivity index is 1.49. The van der Waals surface area contributed by atoms with Crippen molar-refractivity contribution in [3.8, 4) is 0 Å². The minimum atomic E-state index is -3.53. The van der Waals surface area contributed by atoms with Crippen LogP contribution in [0.5, 0.6) is 0 Å². The van der Waals surface area contributed by atoms with Gasteiger partial charge in [0.15, 0.2) is 9.84 Å². The number of nitrogens with two attached hydrogens (primary N) is 1. The van der Waals surface area contributed by atoms with E-state index < -0.39 is 21.7 Å². The van der Waals surface area contributed by atoms with Crippen LogP contribution in [0.2, 0.25) is 0 Å². The Labute approximate surface area is 212 Å². The highest BCUT2D eigenvalue weighted by Gasteiger charge is 2.25. The topological polar surface area (TPSA) is 123 Å². The third-order valence-corrected chi connectivity index (χ3v) is 8.87. The van der Waals surface area contributed by atoms with Crippen molar-refractivity contribution in [1.82, 2.24) is 9.88 Å². The fourth-order valence-corrected chi connectivity index (χ4v) is 6.44. The van der Waals surface area contributed by atoms with Crippen molar-refractivity contribution in [2.45, 2.75) is 23.8 Å². The number of primary amides is 1. The summed E-state index contributed by atoms with van der Waals surface area (Å²) in [5, 5.41) is 0.150. The summed E-state index contributed by atoms with van der Waals surface area (Å²) in [7, 11) is -1.65. The molecule has 35 heavy (non-hydrogen) atoms. The largest absolute Gasteiger partial charge is 0.377 e. The number of aromatic nitrogens is 1. The number of hydrogen-bond donors (Lipinski definition) is 1. The van der Waals surface area contributed by atoms with Gasteiger partial charge < -0.3 is 15.4 Å². The highest BCUT2D eigenvalue weighted by molar-refractivity contribution is 7.91. The first-order valence-electron chi connectivity index (χ1n) is 11.0. The normalized spacial score (nSPS) is 16.1. The van der Waals surface area contributed by atoms with E-state index in [9.17, 15) is 18.0 Å². The maximum Gasteiger partial charge on any atom is 0.275 e. The van der Waals surface area contributed by atoms with Crippen molar-refractivity contribution >= 4 is 60.1 Å². The van der Waals surface area contributed by atoms with Crippen molar-refractivity contribution in [1.29, 1.82) is 0 Å². The van der Waals surface area contributed by atoms with E-state index in [0.29, 0.717) is 23.3 Å². The molecule has 1 unspecified atom stereocenters. The number of ether oxygens (including phenoxy) is 1. The molecule has 0 saturated carbocycles. The van der Waals surface area contributed by atoms with E-state index in [1.807, 2.05) is 11.9 Å². The molecule has 0 bridgehead atoms. The highest BCUT2D eigenvalue weighted by atomic mass is 35.5. The molecule has 1 atom stereocenters. The van der Waals surface area contributed by atoms with Gasteiger partial charge in [0.1, 0.15) is 0 Å². The average Bonchev–Trinajstić information content (AvgIpc) is 3.51. The van der Waals surface area contributed by atoms with Crippen LogP contribution >= 0.6 is 23.1 Å². The van der Waals surface area contributed by atoms with Crippen molar-refractivity contribution in [2.75, 3.05) is 36.9 Å². The number of halogens is 1. The first-order valence-corrected chi connectivity index (χ1v) is 13.8. The molecule has 186 valence electrons. The molecule has 2 aromatic carbocycles. The number of amides is 2. The summed E-state index contributed by atoms with van der Waals surface area (Å²) < 4.78 is 32.9. The number of thiazole rings is 1. The Morgan fingerprint density at radius 3 is 2.66 bits per heavy atom. The van der Waals surface area contributed by atoms with Crippen LogP contribution in [0.1, 0.15) is 33.6 Å². The van der Waals surface area contributed by atoms with Crippen LogP contribution in [0, 0.1) is 0 Å². The number of sulfone groups is 1. The molecule has 0 radical (unpaired) electrons. The minimum Gasteiger partial charge on any atom is -0.377 e. The fraction of sp³-hybridized carbons (Fsp3) is 0.348. The summed E-state index contributed by atoms with van der Waals surface area (Å²) >= 11 is 7.34. The number of rotatable bonds is 9. The van der Waals surface area contributed by atoms with Gasteiger partial charge in [-0.05, 0) is 50.2 Å². The molecule has 0 spiro atoms. The third-order valence-electron chi connectivity index (χ3n) is 5.76. The molecule has 12 heteroatoms. The fourth-order valence-electron chi connectivity index (χ4n) is 3.87. The summed E-state index contributed by atoms with van der Waals surface area (Å²) in [6.07, 6.45) is 2.19. The lowest BCUT2D eigenvalue weighted by Gasteiger charge is -2.20. The Kier molecular flexibility index (Phi) is 7.72. The lowest BCUT2D eigenvalue weighted by atomic mass is 10.1. The molecule has 2 amide bonds. The number of nitrogens with zero attached hydrogens (tertiary/aromatic N) is 3. The van der Waals surface area contributed by atoms with Crippen molar-refractivity contribution in [2.24, 2.45) is 5.73 Å². The molecule has 1 saturated heterocycles. The van der Waals surface area contributed by atoms with Crippen LogP contribution in [-0.4, -0.2) is 68.7 Å². The van der Waals surface area contributed by atoms with Gasteiger partial charge in [0.25, 0.3) is 5.91 Å². The first-order chi connectivity index (χ1) is 16.7. The van der Waals surface area contributed by atoms with E-state index in [4.69, 9.17) is 22.2 Å². The number of likely N-dealkylation sites (N-methyl/N-ethyl adjacent to an activating group) is 1. The van der Waals surface area contributed by atoms with E-state index >= 15 is 0 Å². The Hall–Kier alpha value is -2.57. The summed E-state index contributed by atoms with van der Waals surface area (Å²) in [6, 6.07) is 10.7. The summed E-state index contributed by atoms with van der Waals surface area (Å²) in [5.74, 6) is -1.45. The maximum atomic E-state index is 12.9. The predicted octanol–water partition coefficient (Wildman–Crippen LogP) is 3.08. The number of fused-ring (bicyclic) bond motifs is 1. The molecule has 4 rings (SSSR count). The maximum absolute atomic E-state index is 12.9. The Morgan fingerprint density at radius 1 is 1.23 bits per heavy atom. The Morgan fingerprint density at radius 2 is 1.97 bits per heavy atom. The lowest BCUT2D eigenvalue weighted by Crippen LogP contribution is -2.32. The van der Waals surface area contributed by atoms with E-state index in [-0.39, 0.29) is 33.0 Å². The van der Waals surface area contributed by atoms with Crippen LogP contribution in [0.4, 0.5) is 5.13 Å². The number of anilines is 1. The van der Waals surface area contributed by atoms with Crippen LogP contribution in [0.25, 0.3) is 10.2 Å². The van der Waals surface area contributed by atoms with Crippen molar-refractivity contribution < 1.29 is 22.7 Å². The average molecular weight is 537 g/mol. The minimum absolute atomic E-state index is 0.0304. The molecule has 3 aromatic rings. The van der Waals surface area contributed by atoms with E-state index in [1.165, 1.54) is 18.2 Å². The summed E-state index contributed by atoms with van der Waals surface area (Å²) in [4.78, 5) is 31.1. The zero-order chi connectivity index (χ0) is 25.2. The second-order valence-corrected chi connectivity index (χ2v) is 11.8. The van der Waals surface area contributed by atoms with Gasteiger partial charge in [-0.15, -0.1) is 0 Å². The van der Waals surface area contributed by atoms with Crippen molar-refractivity contribution in [3.63, 3.8) is 0 Å². The smallest absolute Gasteiger partial charge is 0.275 e. The molecule has 1 fully saturated rings. The molecule has 1 aliphatic rings. The molecule has 1 aromatic heterocycles. The highest BCUT2D eigenvalue weighted by Crippen LogP contribution is 2.33. The summed E-state index contributed by atoms with van der Waals surface area (Å²) in [5.41, 5.74) is 5.95. The van der Waals surface area contributed by atoms with Crippen molar-refractivity contribution in [3.05, 3.63) is 53.6 Å². The predicted molar refractivity (Wildman–Crippen MR) is 136 cm³/mol. The zero-order valence-corrected chi connectivity index (χ0v) is 21.4. The van der Waals surface area contributed by atoms with Gasteiger partial charge in [-0.25, -0.2) is 13.4 Å². The molecular formula is C23H25ClN4O5S2. The Bertz CT molecular complexity index is 1350. The molecule has 1 aliphatic heterocycles. The summed E-state index contributed by atoms with van der Waals surface area (Å²) in [6.45, 7) is 1.85. The molecule has 9 nitrogen and oxygen atoms in total. The van der Waals surface area contributed by atoms with E-state index in [2.05, 4.69) is 4.98 Å². The van der Waals surface area contributed by atoms with Crippen LogP contribution in [0.15, 0.2) is 47.4 Å². The molecular weight excluding hydrogens is 512 g/mol.